The highest BCUT2D eigenvalue weighted by molar-refractivity contribution is 6.08. The minimum atomic E-state index is -1.31. The number of hydrogen-bond donors (Lipinski definition) is 2. The van der Waals surface area contributed by atoms with Gasteiger partial charge in [-0.3, -0.25) is 29.1 Å². The fourth-order valence-corrected chi connectivity index (χ4v) is 3.20. The Labute approximate surface area is 163 Å². The number of aryl methyl sites for hydroxylation is 1. The molecule has 1 aromatic carbocycles. The minimum Gasteiger partial charge on any atom is -0.318 e. The summed E-state index contributed by atoms with van der Waals surface area (Å²) in [7, 11) is 1.65. The zero-order valence-corrected chi connectivity index (χ0v) is 15.6. The van der Waals surface area contributed by atoms with Crippen molar-refractivity contribution in [3.63, 3.8) is 0 Å². The van der Waals surface area contributed by atoms with Crippen molar-refractivity contribution in [3.8, 4) is 0 Å². The lowest BCUT2D eigenvalue weighted by atomic mass is 9.92. The zero-order chi connectivity index (χ0) is 20.8. The zero-order valence-electron chi connectivity index (χ0n) is 15.6. The summed E-state index contributed by atoms with van der Waals surface area (Å²) in [6.07, 6.45) is 2.58. The third-order valence-electron chi connectivity index (χ3n) is 4.81. The van der Waals surface area contributed by atoms with Crippen LogP contribution in [0.4, 0.5) is 4.79 Å². The average Bonchev–Trinajstić information content (AvgIpc) is 3.18. The summed E-state index contributed by atoms with van der Waals surface area (Å²) in [6.45, 7) is 1.13. The van der Waals surface area contributed by atoms with E-state index in [1.807, 2.05) is 0 Å². The third-order valence-corrected chi connectivity index (χ3v) is 4.81. The molecule has 148 valence electrons. The molecule has 4 amide bonds. The van der Waals surface area contributed by atoms with Crippen LogP contribution in [0.2, 0.25) is 0 Å². The number of carbonyl (C=O) groups excluding carboxylic acids is 3. The Bertz CT molecular complexity index is 1200. The summed E-state index contributed by atoms with van der Waals surface area (Å²) >= 11 is 0. The van der Waals surface area contributed by atoms with Crippen LogP contribution in [-0.2, 0) is 28.7 Å². The van der Waals surface area contributed by atoms with E-state index in [1.165, 1.54) is 17.2 Å². The molecule has 1 fully saturated rings. The van der Waals surface area contributed by atoms with E-state index in [-0.39, 0.29) is 5.39 Å². The van der Waals surface area contributed by atoms with Crippen molar-refractivity contribution in [1.82, 2.24) is 35.1 Å². The maximum absolute atomic E-state index is 12.8. The van der Waals surface area contributed by atoms with Crippen LogP contribution >= 0.6 is 0 Å². The Morgan fingerprint density at radius 1 is 1.21 bits per heavy atom. The van der Waals surface area contributed by atoms with Crippen LogP contribution in [0, 0.1) is 0 Å². The lowest BCUT2D eigenvalue weighted by Gasteiger charge is -2.22. The van der Waals surface area contributed by atoms with E-state index in [1.54, 1.807) is 44.3 Å². The molecule has 0 saturated carbocycles. The Morgan fingerprint density at radius 2 is 1.93 bits per heavy atom. The lowest BCUT2D eigenvalue weighted by Crippen LogP contribution is -2.49. The summed E-state index contributed by atoms with van der Waals surface area (Å²) in [4.78, 5) is 54.1. The summed E-state index contributed by atoms with van der Waals surface area (Å²) in [5.74, 6) is -1.35. The second-order valence-corrected chi connectivity index (χ2v) is 6.78. The van der Waals surface area contributed by atoms with Gasteiger partial charge >= 0.3 is 6.03 Å². The van der Waals surface area contributed by atoms with E-state index in [4.69, 9.17) is 0 Å². The molecule has 11 nitrogen and oxygen atoms in total. The van der Waals surface area contributed by atoms with Crippen molar-refractivity contribution in [2.75, 3.05) is 0 Å². The fourth-order valence-electron chi connectivity index (χ4n) is 3.20. The van der Waals surface area contributed by atoms with Crippen molar-refractivity contribution >= 4 is 28.9 Å². The Hall–Kier alpha value is -4.02. The monoisotopic (exact) mass is 395 g/mol. The average molecular weight is 395 g/mol. The topological polar surface area (TPSA) is 131 Å². The first-order valence-electron chi connectivity index (χ1n) is 8.70. The van der Waals surface area contributed by atoms with Crippen LogP contribution in [-0.4, -0.2) is 42.2 Å². The molecule has 11 heteroatoms. The smallest absolute Gasteiger partial charge is 0.318 e. The normalized spacial score (nSPS) is 18.9. The summed E-state index contributed by atoms with van der Waals surface area (Å²) in [6, 6.07) is 7.93. The van der Waals surface area contributed by atoms with Gasteiger partial charge in [-0.15, -0.1) is 0 Å². The quantitative estimate of drug-likeness (QED) is 0.580. The summed E-state index contributed by atoms with van der Waals surface area (Å²) < 4.78 is 2.52. The third kappa shape index (κ3) is 2.92. The number of urea groups is 1. The van der Waals surface area contributed by atoms with Crippen molar-refractivity contribution in [2.24, 2.45) is 7.05 Å². The van der Waals surface area contributed by atoms with E-state index in [0.717, 1.165) is 4.57 Å². The molecular formula is C18H17N7O4. The van der Waals surface area contributed by atoms with Gasteiger partial charge in [-0.05, 0) is 12.5 Å². The molecule has 3 heterocycles. The van der Waals surface area contributed by atoms with Gasteiger partial charge in [0.05, 0.1) is 6.20 Å². The largest absolute Gasteiger partial charge is 0.344 e. The predicted molar refractivity (Wildman–Crippen MR) is 100 cm³/mol. The van der Waals surface area contributed by atoms with Gasteiger partial charge in [0.25, 0.3) is 17.4 Å². The Balaban J connectivity index is 1.53. The van der Waals surface area contributed by atoms with Gasteiger partial charge in [0.1, 0.15) is 23.8 Å². The minimum absolute atomic E-state index is 0.259. The first-order chi connectivity index (χ1) is 13.8. The maximum atomic E-state index is 12.8. The van der Waals surface area contributed by atoms with Gasteiger partial charge in [-0.1, -0.05) is 30.3 Å². The second-order valence-electron chi connectivity index (χ2n) is 6.78. The number of carbonyl (C=O) groups is 3. The van der Waals surface area contributed by atoms with E-state index in [0.29, 0.717) is 16.2 Å². The van der Waals surface area contributed by atoms with Crippen molar-refractivity contribution in [1.29, 1.82) is 0 Å². The predicted octanol–water partition coefficient (Wildman–Crippen LogP) is -0.372. The van der Waals surface area contributed by atoms with E-state index in [9.17, 15) is 19.2 Å². The highest BCUT2D eigenvalue weighted by Gasteiger charge is 2.49. The molecule has 1 aliphatic heterocycles. The maximum Gasteiger partial charge on any atom is 0.344 e. The van der Waals surface area contributed by atoms with Crippen molar-refractivity contribution in [2.45, 2.75) is 19.0 Å². The lowest BCUT2D eigenvalue weighted by molar-refractivity contribution is -0.139. The van der Waals surface area contributed by atoms with Crippen molar-refractivity contribution in [3.05, 3.63) is 58.8 Å². The highest BCUT2D eigenvalue weighted by Crippen LogP contribution is 2.27. The first kappa shape index (κ1) is 18.3. The van der Waals surface area contributed by atoms with E-state index in [2.05, 4.69) is 20.8 Å². The molecule has 0 aliphatic carbocycles. The number of benzene rings is 1. The van der Waals surface area contributed by atoms with Crippen LogP contribution in [0.3, 0.4) is 0 Å². The standard InChI is InChI=1S/C18H17N7O4/c1-18(11-6-4-3-5-7-11)16(28)25(17(29)21-18)22-13(26)9-24-10-19-14-12(15(24)27)8-20-23(14)2/h3-8,10H,9H2,1-2H3,(H,21,29)(H,22,26)/t18-/m1/s1. The van der Waals surface area contributed by atoms with Crippen LogP contribution < -0.4 is 16.3 Å². The van der Waals surface area contributed by atoms with Crippen LogP contribution in [0.25, 0.3) is 11.0 Å². The van der Waals surface area contributed by atoms with Gasteiger partial charge in [-0.2, -0.15) is 10.1 Å². The summed E-state index contributed by atoms with van der Waals surface area (Å²) in [5.41, 5.74) is 1.47. The van der Waals surface area contributed by atoms with Gasteiger partial charge in [-0.25, -0.2) is 9.78 Å². The van der Waals surface area contributed by atoms with Gasteiger partial charge in [0.2, 0.25) is 0 Å². The number of fused-ring (bicyclic) bond motifs is 1. The molecule has 0 unspecified atom stereocenters. The highest BCUT2D eigenvalue weighted by atomic mass is 16.2. The van der Waals surface area contributed by atoms with Crippen LogP contribution in [0.15, 0.2) is 47.7 Å². The molecule has 1 saturated heterocycles. The van der Waals surface area contributed by atoms with E-state index >= 15 is 0 Å². The van der Waals surface area contributed by atoms with Crippen LogP contribution in [0.1, 0.15) is 12.5 Å². The second kappa shape index (κ2) is 6.55. The van der Waals surface area contributed by atoms with Gasteiger partial charge < -0.3 is 5.32 Å². The van der Waals surface area contributed by atoms with E-state index < -0.39 is 35.5 Å². The number of hydrazine groups is 1. The number of aromatic nitrogens is 4. The van der Waals surface area contributed by atoms with Gasteiger partial charge in [0, 0.05) is 7.05 Å². The van der Waals surface area contributed by atoms with Crippen LogP contribution in [0.5, 0.6) is 0 Å². The molecule has 0 radical (unpaired) electrons. The Morgan fingerprint density at radius 3 is 2.66 bits per heavy atom. The molecule has 29 heavy (non-hydrogen) atoms. The molecule has 1 aliphatic rings. The first-order valence-corrected chi connectivity index (χ1v) is 8.70. The molecule has 1 atom stereocenters. The SMILES string of the molecule is Cn1ncc2c(=O)n(CC(=O)NN3C(=O)N[C@](C)(c4ccccc4)C3=O)cnc21. The molecule has 0 spiro atoms. The fraction of sp³-hybridized carbons (Fsp3) is 0.222. The number of amides is 4. The molecule has 3 aromatic rings. The number of hydrogen-bond acceptors (Lipinski definition) is 6. The molecule has 2 aromatic heterocycles. The molecule has 4 rings (SSSR count). The molecular weight excluding hydrogens is 378 g/mol. The number of rotatable bonds is 4. The van der Waals surface area contributed by atoms with Crippen molar-refractivity contribution < 1.29 is 14.4 Å². The van der Waals surface area contributed by atoms with Gasteiger partial charge in [0.15, 0.2) is 5.65 Å². The Kier molecular flexibility index (Phi) is 4.14. The molecule has 0 bridgehead atoms. The number of imide groups is 1. The molecule has 2 N–H and O–H groups in total. The number of nitrogens with zero attached hydrogens (tertiary/aromatic N) is 5. The number of nitrogens with one attached hydrogen (secondary N) is 2. The summed E-state index contributed by atoms with van der Waals surface area (Å²) in [5, 5.41) is 7.42.